The molecular formula is C11H14ClF3N2. The molecule has 0 amide bonds. The highest BCUT2D eigenvalue weighted by Gasteiger charge is 2.33. The number of hydrogen-bond acceptors (Lipinski definition) is 2. The van der Waals surface area contributed by atoms with Crippen LogP contribution >= 0.6 is 11.6 Å². The van der Waals surface area contributed by atoms with Gasteiger partial charge in [-0.1, -0.05) is 25.4 Å². The predicted octanol–water partition coefficient (Wildman–Crippen LogP) is 3.38. The molecule has 2 nitrogen and oxygen atoms in total. The van der Waals surface area contributed by atoms with Gasteiger partial charge in [-0.15, -0.1) is 0 Å². The van der Waals surface area contributed by atoms with Gasteiger partial charge in [0, 0.05) is 6.20 Å². The average Bonchev–Trinajstić information content (AvgIpc) is 2.15. The van der Waals surface area contributed by atoms with E-state index in [0.717, 1.165) is 12.3 Å². The van der Waals surface area contributed by atoms with E-state index >= 15 is 0 Å². The van der Waals surface area contributed by atoms with Crippen molar-refractivity contribution in [1.82, 2.24) is 4.98 Å². The Balaban J connectivity index is 3.24. The highest BCUT2D eigenvalue weighted by molar-refractivity contribution is 6.30. The maximum atomic E-state index is 12.6. The summed E-state index contributed by atoms with van der Waals surface area (Å²) in [6.45, 7) is 3.96. The van der Waals surface area contributed by atoms with Crippen molar-refractivity contribution in [3.05, 3.63) is 28.5 Å². The number of alkyl halides is 3. The molecule has 1 heterocycles. The lowest BCUT2D eigenvalue weighted by Gasteiger charge is -2.26. The van der Waals surface area contributed by atoms with Gasteiger partial charge in [0.15, 0.2) is 0 Å². The first-order valence-corrected chi connectivity index (χ1v) is 5.49. The summed E-state index contributed by atoms with van der Waals surface area (Å²) >= 11 is 5.85. The number of halogens is 4. The number of nitrogens with two attached hydrogens (primary N) is 1. The molecule has 0 aliphatic rings. The average molecular weight is 267 g/mol. The molecule has 1 aromatic heterocycles. The second-order valence-corrected chi connectivity index (χ2v) is 4.84. The fraction of sp³-hybridized carbons (Fsp3) is 0.545. The van der Waals surface area contributed by atoms with Crippen LogP contribution in [-0.2, 0) is 11.6 Å². The Labute approximate surface area is 103 Å². The van der Waals surface area contributed by atoms with Crippen LogP contribution in [0.2, 0.25) is 5.15 Å². The SMILES string of the molecule is CC(C)(CCN)c1cc(C(F)(F)F)cnc1Cl. The fourth-order valence-corrected chi connectivity index (χ4v) is 1.93. The van der Waals surface area contributed by atoms with Crippen molar-refractivity contribution < 1.29 is 13.2 Å². The maximum absolute atomic E-state index is 12.6. The molecule has 2 N–H and O–H groups in total. The Morgan fingerprint density at radius 3 is 2.41 bits per heavy atom. The molecule has 0 aliphatic heterocycles. The molecule has 0 bridgehead atoms. The summed E-state index contributed by atoms with van der Waals surface area (Å²) < 4.78 is 37.7. The van der Waals surface area contributed by atoms with Gasteiger partial charge < -0.3 is 5.73 Å². The van der Waals surface area contributed by atoms with Crippen LogP contribution in [0.5, 0.6) is 0 Å². The van der Waals surface area contributed by atoms with E-state index in [1.807, 2.05) is 0 Å². The molecule has 0 saturated heterocycles. The van der Waals surface area contributed by atoms with Gasteiger partial charge in [0.05, 0.1) is 5.56 Å². The first kappa shape index (κ1) is 14.3. The number of aromatic nitrogens is 1. The van der Waals surface area contributed by atoms with Crippen molar-refractivity contribution in [2.45, 2.75) is 31.9 Å². The molecule has 1 aromatic rings. The van der Waals surface area contributed by atoms with Gasteiger partial charge in [-0.2, -0.15) is 13.2 Å². The normalized spacial score (nSPS) is 12.9. The van der Waals surface area contributed by atoms with Gasteiger partial charge in [0.1, 0.15) is 5.15 Å². The van der Waals surface area contributed by atoms with Crippen LogP contribution in [0.3, 0.4) is 0 Å². The summed E-state index contributed by atoms with van der Waals surface area (Å²) in [5.74, 6) is 0. The minimum absolute atomic E-state index is 0.0939. The third kappa shape index (κ3) is 3.33. The number of hydrogen-bond donors (Lipinski definition) is 1. The van der Waals surface area contributed by atoms with Crippen molar-refractivity contribution in [1.29, 1.82) is 0 Å². The molecule has 6 heteroatoms. The summed E-state index contributed by atoms with van der Waals surface area (Å²) in [5, 5.41) is 0.0939. The van der Waals surface area contributed by atoms with Gasteiger partial charge in [-0.05, 0) is 30.0 Å². The van der Waals surface area contributed by atoms with E-state index in [9.17, 15) is 13.2 Å². The molecule has 0 aromatic carbocycles. The maximum Gasteiger partial charge on any atom is 0.417 e. The molecule has 0 aliphatic carbocycles. The molecule has 0 atom stereocenters. The molecule has 1 rings (SSSR count). The predicted molar refractivity (Wildman–Crippen MR) is 60.9 cm³/mol. The number of nitrogens with zero attached hydrogens (tertiary/aromatic N) is 1. The third-order valence-corrected chi connectivity index (χ3v) is 2.97. The zero-order valence-electron chi connectivity index (χ0n) is 9.61. The minimum atomic E-state index is -4.41. The smallest absolute Gasteiger partial charge is 0.330 e. The van der Waals surface area contributed by atoms with E-state index in [2.05, 4.69) is 4.98 Å². The van der Waals surface area contributed by atoms with E-state index in [4.69, 9.17) is 17.3 Å². The minimum Gasteiger partial charge on any atom is -0.330 e. The van der Waals surface area contributed by atoms with Crippen molar-refractivity contribution in [2.24, 2.45) is 5.73 Å². The Morgan fingerprint density at radius 1 is 1.35 bits per heavy atom. The largest absolute Gasteiger partial charge is 0.417 e. The van der Waals surface area contributed by atoms with Gasteiger partial charge in [0.2, 0.25) is 0 Å². The van der Waals surface area contributed by atoms with Crippen LogP contribution < -0.4 is 5.73 Å². The van der Waals surface area contributed by atoms with Crippen LogP contribution in [0.4, 0.5) is 13.2 Å². The number of rotatable bonds is 3. The molecular weight excluding hydrogens is 253 g/mol. The second kappa shape index (κ2) is 4.82. The Bertz CT molecular complexity index is 402. The molecule has 0 saturated carbocycles. The lowest BCUT2D eigenvalue weighted by atomic mass is 9.82. The quantitative estimate of drug-likeness (QED) is 0.852. The van der Waals surface area contributed by atoms with Crippen molar-refractivity contribution in [3.8, 4) is 0 Å². The fourth-order valence-electron chi connectivity index (χ4n) is 1.57. The lowest BCUT2D eigenvalue weighted by Crippen LogP contribution is -2.23. The molecule has 17 heavy (non-hydrogen) atoms. The summed E-state index contributed by atoms with van der Waals surface area (Å²) in [6, 6.07) is 1.05. The van der Waals surface area contributed by atoms with Gasteiger partial charge in [0.25, 0.3) is 0 Å². The van der Waals surface area contributed by atoms with Crippen molar-refractivity contribution in [2.75, 3.05) is 6.54 Å². The first-order chi connectivity index (χ1) is 7.68. The summed E-state index contributed by atoms with van der Waals surface area (Å²) in [7, 11) is 0. The van der Waals surface area contributed by atoms with Crippen LogP contribution in [0.1, 0.15) is 31.4 Å². The molecule has 96 valence electrons. The highest BCUT2D eigenvalue weighted by atomic mass is 35.5. The zero-order chi connectivity index (χ0) is 13.3. The van der Waals surface area contributed by atoms with Crippen LogP contribution in [0.25, 0.3) is 0 Å². The molecule has 0 fully saturated rings. The van der Waals surface area contributed by atoms with E-state index in [0.29, 0.717) is 18.5 Å². The molecule has 0 radical (unpaired) electrons. The third-order valence-electron chi connectivity index (χ3n) is 2.66. The van der Waals surface area contributed by atoms with Crippen molar-refractivity contribution in [3.63, 3.8) is 0 Å². The summed E-state index contributed by atoms with van der Waals surface area (Å²) in [5.41, 5.74) is 4.50. The zero-order valence-corrected chi connectivity index (χ0v) is 10.4. The van der Waals surface area contributed by atoms with Gasteiger partial charge >= 0.3 is 6.18 Å². The topological polar surface area (TPSA) is 38.9 Å². The Morgan fingerprint density at radius 2 is 1.94 bits per heavy atom. The molecule has 0 spiro atoms. The van der Waals surface area contributed by atoms with E-state index < -0.39 is 17.2 Å². The van der Waals surface area contributed by atoms with E-state index in [1.165, 1.54) is 0 Å². The molecule has 0 unspecified atom stereocenters. The Hall–Kier alpha value is -0.810. The lowest BCUT2D eigenvalue weighted by molar-refractivity contribution is -0.137. The van der Waals surface area contributed by atoms with Crippen LogP contribution in [0, 0.1) is 0 Å². The highest BCUT2D eigenvalue weighted by Crippen LogP contribution is 2.36. The van der Waals surface area contributed by atoms with Gasteiger partial charge in [-0.3, -0.25) is 0 Å². The summed E-state index contributed by atoms with van der Waals surface area (Å²) in [6.07, 6.45) is -3.13. The number of pyridine rings is 1. The van der Waals surface area contributed by atoms with E-state index in [-0.39, 0.29) is 5.15 Å². The second-order valence-electron chi connectivity index (χ2n) is 4.48. The van der Waals surface area contributed by atoms with Crippen LogP contribution in [0.15, 0.2) is 12.3 Å². The van der Waals surface area contributed by atoms with E-state index in [1.54, 1.807) is 13.8 Å². The summed E-state index contributed by atoms with van der Waals surface area (Å²) in [4.78, 5) is 3.60. The van der Waals surface area contributed by atoms with Crippen LogP contribution in [-0.4, -0.2) is 11.5 Å². The van der Waals surface area contributed by atoms with Crippen molar-refractivity contribution >= 4 is 11.6 Å². The van der Waals surface area contributed by atoms with Gasteiger partial charge in [-0.25, -0.2) is 4.98 Å². The Kier molecular flexibility index (Phi) is 4.04. The first-order valence-electron chi connectivity index (χ1n) is 5.12. The monoisotopic (exact) mass is 266 g/mol. The standard InChI is InChI=1S/C11H14ClF3N2/c1-10(2,3-4-16)8-5-7(11(13,14)15)6-17-9(8)12/h5-6H,3-4,16H2,1-2H3.